The fourth-order valence-electron chi connectivity index (χ4n) is 1.42. The lowest BCUT2D eigenvalue weighted by Gasteiger charge is -2.13. The first-order valence-corrected chi connectivity index (χ1v) is 6.63. The monoisotopic (exact) mass is 313 g/mol. The van der Waals surface area contributed by atoms with E-state index in [1.54, 1.807) is 0 Å². The molecule has 0 aromatic heterocycles. The zero-order chi connectivity index (χ0) is 12.8. The highest BCUT2D eigenvalue weighted by molar-refractivity contribution is 9.10. The molecule has 0 amide bonds. The van der Waals surface area contributed by atoms with Crippen LogP contribution in [0, 0.1) is 5.92 Å². The van der Waals surface area contributed by atoms with Crippen LogP contribution in [0.25, 0.3) is 0 Å². The molecule has 0 aliphatic rings. The summed E-state index contributed by atoms with van der Waals surface area (Å²) in [5.41, 5.74) is 10.1. The van der Waals surface area contributed by atoms with Gasteiger partial charge in [0.15, 0.2) is 5.11 Å². The molecule has 1 atom stereocenters. The predicted molar refractivity (Wildman–Crippen MR) is 80.1 cm³/mol. The van der Waals surface area contributed by atoms with Crippen molar-refractivity contribution in [3.05, 3.63) is 34.3 Å². The topological polar surface area (TPSA) is 50.4 Å². The van der Waals surface area contributed by atoms with E-state index >= 15 is 0 Å². The van der Waals surface area contributed by atoms with Crippen LogP contribution in [-0.2, 0) is 0 Å². The number of thiocarbonyl (C=S) groups is 1. The summed E-state index contributed by atoms with van der Waals surface area (Å²) >= 11 is 8.22. The zero-order valence-electron chi connectivity index (χ0n) is 9.90. The Balaban J connectivity index is 3.06. The van der Waals surface area contributed by atoms with E-state index in [2.05, 4.69) is 40.3 Å². The zero-order valence-corrected chi connectivity index (χ0v) is 12.3. The number of hydrogen-bond donors (Lipinski definition) is 2. The normalized spacial score (nSPS) is 13.2. The van der Waals surface area contributed by atoms with Crippen molar-refractivity contribution in [1.29, 1.82) is 0 Å². The Labute approximate surface area is 116 Å². The SMILES string of the molecule is CCC(C)C(=NNC(N)=S)c1cccc(Br)c1. The third kappa shape index (κ3) is 4.44. The van der Waals surface area contributed by atoms with E-state index in [9.17, 15) is 0 Å². The lowest BCUT2D eigenvalue weighted by molar-refractivity contribution is 0.732. The molecular formula is C12H16BrN3S. The van der Waals surface area contributed by atoms with Gasteiger partial charge in [-0.2, -0.15) is 5.10 Å². The van der Waals surface area contributed by atoms with E-state index < -0.39 is 0 Å². The molecule has 5 heteroatoms. The molecule has 17 heavy (non-hydrogen) atoms. The minimum atomic E-state index is 0.181. The summed E-state index contributed by atoms with van der Waals surface area (Å²) in [5.74, 6) is 0.339. The highest BCUT2D eigenvalue weighted by Crippen LogP contribution is 2.17. The van der Waals surface area contributed by atoms with Crippen LogP contribution in [-0.4, -0.2) is 10.8 Å². The highest BCUT2D eigenvalue weighted by atomic mass is 79.9. The Morgan fingerprint density at radius 1 is 1.59 bits per heavy atom. The van der Waals surface area contributed by atoms with Crippen LogP contribution in [0.5, 0.6) is 0 Å². The molecule has 0 aliphatic heterocycles. The summed E-state index contributed by atoms with van der Waals surface area (Å²) in [6, 6.07) is 8.03. The smallest absolute Gasteiger partial charge is 0.184 e. The van der Waals surface area contributed by atoms with Gasteiger partial charge in [-0.25, -0.2) is 0 Å². The maximum atomic E-state index is 5.39. The number of benzene rings is 1. The van der Waals surface area contributed by atoms with Crippen LogP contribution >= 0.6 is 28.1 Å². The maximum Gasteiger partial charge on any atom is 0.184 e. The van der Waals surface area contributed by atoms with Crippen LogP contribution in [0.3, 0.4) is 0 Å². The summed E-state index contributed by atoms with van der Waals surface area (Å²) in [4.78, 5) is 0. The molecular weight excluding hydrogens is 298 g/mol. The molecule has 1 rings (SSSR count). The van der Waals surface area contributed by atoms with Crippen molar-refractivity contribution in [2.24, 2.45) is 16.8 Å². The maximum absolute atomic E-state index is 5.39. The Morgan fingerprint density at radius 3 is 2.82 bits per heavy atom. The largest absolute Gasteiger partial charge is 0.375 e. The van der Waals surface area contributed by atoms with E-state index in [0.29, 0.717) is 5.92 Å². The van der Waals surface area contributed by atoms with Crippen molar-refractivity contribution in [2.45, 2.75) is 20.3 Å². The van der Waals surface area contributed by atoms with Gasteiger partial charge in [0.2, 0.25) is 0 Å². The van der Waals surface area contributed by atoms with Gasteiger partial charge in [0.05, 0.1) is 5.71 Å². The first-order chi connectivity index (χ1) is 8.04. The molecule has 0 spiro atoms. The second-order valence-corrected chi connectivity index (χ2v) is 5.15. The number of hydrazone groups is 1. The Morgan fingerprint density at radius 2 is 2.29 bits per heavy atom. The first-order valence-electron chi connectivity index (χ1n) is 5.43. The molecule has 3 N–H and O–H groups in total. The van der Waals surface area contributed by atoms with Gasteiger partial charge < -0.3 is 5.73 Å². The second-order valence-electron chi connectivity index (χ2n) is 3.79. The summed E-state index contributed by atoms with van der Waals surface area (Å²) < 4.78 is 1.03. The van der Waals surface area contributed by atoms with Crippen molar-refractivity contribution < 1.29 is 0 Å². The Kier molecular flexibility index (Phi) is 5.58. The van der Waals surface area contributed by atoms with Gasteiger partial charge in [-0.05, 0) is 36.3 Å². The van der Waals surface area contributed by atoms with Crippen molar-refractivity contribution >= 4 is 39.0 Å². The van der Waals surface area contributed by atoms with Crippen molar-refractivity contribution in [2.75, 3.05) is 0 Å². The molecule has 0 saturated carbocycles. The summed E-state index contributed by atoms with van der Waals surface area (Å²) in [5, 5.41) is 4.47. The second kappa shape index (κ2) is 6.71. The number of nitrogens with two attached hydrogens (primary N) is 1. The third-order valence-electron chi connectivity index (χ3n) is 2.49. The lowest BCUT2D eigenvalue weighted by Crippen LogP contribution is -2.27. The average molecular weight is 314 g/mol. The van der Waals surface area contributed by atoms with E-state index in [1.165, 1.54) is 0 Å². The standard InChI is InChI=1S/C12H16BrN3S/c1-3-8(2)11(15-16-12(14)17)9-5-4-6-10(13)7-9/h4-8H,3H2,1-2H3,(H3,14,16,17). The molecule has 0 aliphatic carbocycles. The van der Waals surface area contributed by atoms with E-state index in [-0.39, 0.29) is 5.11 Å². The van der Waals surface area contributed by atoms with Crippen LogP contribution in [0.15, 0.2) is 33.8 Å². The molecule has 0 bridgehead atoms. The summed E-state index contributed by atoms with van der Waals surface area (Å²) in [6.45, 7) is 4.25. The summed E-state index contributed by atoms with van der Waals surface area (Å²) in [7, 11) is 0. The molecule has 1 aromatic rings. The molecule has 3 nitrogen and oxygen atoms in total. The van der Waals surface area contributed by atoms with Crippen LogP contribution < -0.4 is 11.2 Å². The molecule has 0 saturated heterocycles. The molecule has 0 radical (unpaired) electrons. The van der Waals surface area contributed by atoms with Crippen molar-refractivity contribution in [3.8, 4) is 0 Å². The van der Waals surface area contributed by atoms with Gasteiger partial charge in [0, 0.05) is 10.4 Å². The van der Waals surface area contributed by atoms with Gasteiger partial charge in [-0.3, -0.25) is 5.43 Å². The fraction of sp³-hybridized carbons (Fsp3) is 0.333. The number of nitrogens with one attached hydrogen (secondary N) is 1. The van der Waals surface area contributed by atoms with Gasteiger partial charge in [-0.1, -0.05) is 41.9 Å². The van der Waals surface area contributed by atoms with Crippen LogP contribution in [0.1, 0.15) is 25.8 Å². The first kappa shape index (κ1) is 14.1. The van der Waals surface area contributed by atoms with Gasteiger partial charge in [0.25, 0.3) is 0 Å². The quantitative estimate of drug-likeness (QED) is 0.510. The summed E-state index contributed by atoms with van der Waals surface area (Å²) in [6.07, 6.45) is 1.00. The fourth-order valence-corrected chi connectivity index (χ4v) is 1.86. The number of halogens is 1. The van der Waals surface area contributed by atoms with E-state index in [1.807, 2.05) is 24.3 Å². The number of rotatable bonds is 4. The van der Waals surface area contributed by atoms with E-state index in [0.717, 1.165) is 22.2 Å². The third-order valence-corrected chi connectivity index (χ3v) is 3.07. The average Bonchev–Trinajstić information content (AvgIpc) is 2.28. The molecule has 0 fully saturated rings. The van der Waals surface area contributed by atoms with Crippen molar-refractivity contribution in [1.82, 2.24) is 5.43 Å². The van der Waals surface area contributed by atoms with Crippen LogP contribution in [0.4, 0.5) is 0 Å². The van der Waals surface area contributed by atoms with Gasteiger partial charge >= 0.3 is 0 Å². The Bertz CT molecular complexity index is 432. The van der Waals surface area contributed by atoms with E-state index in [4.69, 9.17) is 18.0 Å². The minimum Gasteiger partial charge on any atom is -0.375 e. The Hall–Kier alpha value is -0.940. The minimum absolute atomic E-state index is 0.181. The van der Waals surface area contributed by atoms with Crippen molar-refractivity contribution in [3.63, 3.8) is 0 Å². The molecule has 1 aromatic carbocycles. The number of hydrogen-bond acceptors (Lipinski definition) is 2. The van der Waals surface area contributed by atoms with Gasteiger partial charge in [0.1, 0.15) is 0 Å². The van der Waals surface area contributed by atoms with Crippen LogP contribution in [0.2, 0.25) is 0 Å². The number of nitrogens with zero attached hydrogens (tertiary/aromatic N) is 1. The highest BCUT2D eigenvalue weighted by Gasteiger charge is 2.11. The van der Waals surface area contributed by atoms with Gasteiger partial charge in [-0.15, -0.1) is 0 Å². The molecule has 0 heterocycles. The predicted octanol–water partition coefficient (Wildman–Crippen LogP) is 3.03. The lowest BCUT2D eigenvalue weighted by atomic mass is 9.96. The molecule has 1 unspecified atom stereocenters. The molecule has 92 valence electrons.